The van der Waals surface area contributed by atoms with Crippen LogP contribution in [0.5, 0.6) is 5.75 Å². The van der Waals surface area contributed by atoms with E-state index in [1.54, 1.807) is 44.2 Å². The van der Waals surface area contributed by atoms with Crippen molar-refractivity contribution in [3.05, 3.63) is 48.5 Å². The maximum atomic E-state index is 15.8. The average Bonchev–Trinajstić information content (AvgIpc) is 3.37. The molecular weight excluding hydrogens is 522 g/mol. The van der Waals surface area contributed by atoms with E-state index < -0.39 is 56.4 Å². The van der Waals surface area contributed by atoms with Crippen LogP contribution < -0.4 is 15.3 Å². The molecule has 206 valence electrons. The van der Waals surface area contributed by atoms with E-state index in [9.17, 15) is 14.5 Å². The molecular formula is C23H30FN6O7P. The number of nitrogens with zero attached hydrogens (tertiary/aromatic N) is 4. The molecule has 1 aliphatic heterocycles. The summed E-state index contributed by atoms with van der Waals surface area (Å²) in [7, 11) is -4.26. The van der Waals surface area contributed by atoms with Gasteiger partial charge in [-0.2, -0.15) is 10.2 Å². The summed E-state index contributed by atoms with van der Waals surface area (Å²) in [6.45, 7) is 5.40. The van der Waals surface area contributed by atoms with Crippen molar-refractivity contribution in [2.75, 3.05) is 12.3 Å². The van der Waals surface area contributed by atoms with E-state index in [0.717, 1.165) is 6.92 Å². The number of nitrogen functional groups attached to an aromatic ring is 1. The minimum absolute atomic E-state index is 0.0837. The van der Waals surface area contributed by atoms with Gasteiger partial charge in [0, 0.05) is 0 Å². The van der Waals surface area contributed by atoms with Crippen molar-refractivity contribution in [2.24, 2.45) is 0 Å². The highest BCUT2D eigenvalue weighted by molar-refractivity contribution is 7.52. The standard InChI is InChI=1S/C23H30FN6O7P/c1-13(2)35-22(32)14(3)29-38(33,37-15-8-6-5-7-9-15)34-11-17-18(31)23(4,24)19(36-17)16-10-26-21-20(25)27-12-28-30(16)21/h5-10,12-14,17-19,31H,11H2,1-4H3,(H,29,33)(H2,25,27,28). The van der Waals surface area contributed by atoms with Crippen molar-refractivity contribution < 1.29 is 37.4 Å². The minimum atomic E-state index is -4.26. The lowest BCUT2D eigenvalue weighted by Crippen LogP contribution is -2.40. The molecule has 4 rings (SSSR count). The van der Waals surface area contributed by atoms with Gasteiger partial charge >= 0.3 is 13.7 Å². The van der Waals surface area contributed by atoms with Gasteiger partial charge in [0.1, 0.15) is 36.4 Å². The zero-order valence-corrected chi connectivity index (χ0v) is 22.1. The van der Waals surface area contributed by atoms with Gasteiger partial charge in [-0.3, -0.25) is 9.32 Å². The van der Waals surface area contributed by atoms with E-state index in [1.165, 1.54) is 24.0 Å². The molecule has 0 aliphatic carbocycles. The lowest BCUT2D eigenvalue weighted by atomic mass is 9.93. The second-order valence-electron chi connectivity index (χ2n) is 9.25. The van der Waals surface area contributed by atoms with Crippen molar-refractivity contribution in [3.8, 4) is 5.75 Å². The summed E-state index contributed by atoms with van der Waals surface area (Å²) in [6.07, 6.45) is -2.17. The third kappa shape index (κ3) is 5.79. The number of nitrogens with two attached hydrogens (primary N) is 1. The Labute approximate surface area is 218 Å². The van der Waals surface area contributed by atoms with Crippen molar-refractivity contribution in [2.45, 2.75) is 63.8 Å². The molecule has 1 aromatic carbocycles. The van der Waals surface area contributed by atoms with E-state index in [4.69, 9.17) is 24.3 Å². The number of anilines is 1. The number of fused-ring (bicyclic) bond motifs is 1. The summed E-state index contributed by atoms with van der Waals surface area (Å²) >= 11 is 0. The van der Waals surface area contributed by atoms with Crippen LogP contribution in [-0.4, -0.2) is 67.3 Å². The number of aromatic nitrogens is 4. The Hall–Kier alpha value is -3.16. The number of halogens is 1. The highest BCUT2D eigenvalue weighted by atomic mass is 31.2. The second kappa shape index (κ2) is 10.9. The molecule has 1 saturated heterocycles. The number of carbonyl (C=O) groups excluding carboxylic acids is 1. The lowest BCUT2D eigenvalue weighted by Gasteiger charge is -2.25. The largest absolute Gasteiger partial charge is 0.462 e. The molecule has 3 heterocycles. The molecule has 15 heteroatoms. The number of imidazole rings is 1. The van der Waals surface area contributed by atoms with Gasteiger partial charge in [-0.1, -0.05) is 18.2 Å². The number of esters is 1. The molecule has 3 aromatic rings. The summed E-state index contributed by atoms with van der Waals surface area (Å²) < 4.78 is 52.9. The molecule has 13 nitrogen and oxygen atoms in total. The third-order valence-electron chi connectivity index (χ3n) is 5.81. The molecule has 6 atom stereocenters. The van der Waals surface area contributed by atoms with Gasteiger partial charge in [-0.25, -0.2) is 23.4 Å². The Bertz CT molecular complexity index is 1320. The maximum absolute atomic E-state index is 15.8. The Morgan fingerprint density at radius 1 is 1.32 bits per heavy atom. The van der Waals surface area contributed by atoms with Gasteiger partial charge in [-0.05, 0) is 39.8 Å². The van der Waals surface area contributed by atoms with Crippen LogP contribution in [0.4, 0.5) is 10.2 Å². The van der Waals surface area contributed by atoms with Crippen LogP contribution in [0, 0.1) is 0 Å². The SMILES string of the molecule is CC(C)OC(=O)C(C)NP(=O)(OCC1OC(c2cnc3c(N)ncnn23)C(C)(F)C1O)Oc1ccccc1. The van der Waals surface area contributed by atoms with E-state index >= 15 is 4.39 Å². The summed E-state index contributed by atoms with van der Waals surface area (Å²) in [5.74, 6) is -0.403. The fourth-order valence-electron chi connectivity index (χ4n) is 3.93. The Morgan fingerprint density at radius 3 is 2.71 bits per heavy atom. The van der Waals surface area contributed by atoms with Crippen LogP contribution in [-0.2, 0) is 23.4 Å². The van der Waals surface area contributed by atoms with Gasteiger partial charge in [0.05, 0.1) is 24.6 Å². The average molecular weight is 553 g/mol. The molecule has 4 N–H and O–H groups in total. The summed E-state index contributed by atoms with van der Waals surface area (Å²) in [5, 5.41) is 17.4. The van der Waals surface area contributed by atoms with Gasteiger partial charge in [0.2, 0.25) is 0 Å². The third-order valence-corrected chi connectivity index (χ3v) is 7.46. The van der Waals surface area contributed by atoms with Crippen LogP contribution in [0.25, 0.3) is 5.65 Å². The van der Waals surface area contributed by atoms with Gasteiger partial charge in [0.15, 0.2) is 17.1 Å². The predicted octanol–water partition coefficient (Wildman–Crippen LogP) is 2.37. The van der Waals surface area contributed by atoms with Crippen molar-refractivity contribution in [1.29, 1.82) is 0 Å². The van der Waals surface area contributed by atoms with Crippen LogP contribution in [0.15, 0.2) is 42.9 Å². The summed E-state index contributed by atoms with van der Waals surface area (Å²) in [6, 6.07) is 7.06. The number of hydrogen-bond donors (Lipinski definition) is 3. The topological polar surface area (TPSA) is 172 Å². The number of para-hydroxylation sites is 1. The molecule has 0 saturated carbocycles. The number of nitrogens with one attached hydrogen (secondary N) is 1. The molecule has 0 amide bonds. The first kappa shape index (κ1) is 27.9. The Balaban J connectivity index is 1.54. The zero-order chi connectivity index (χ0) is 27.7. The van der Waals surface area contributed by atoms with Crippen molar-refractivity contribution in [1.82, 2.24) is 24.7 Å². The molecule has 1 fully saturated rings. The molecule has 0 radical (unpaired) electrons. The number of benzene rings is 1. The number of rotatable bonds is 10. The zero-order valence-electron chi connectivity index (χ0n) is 21.2. The maximum Gasteiger partial charge on any atom is 0.459 e. The normalized spacial score (nSPS) is 25.8. The Kier molecular flexibility index (Phi) is 8.00. The first-order valence-corrected chi connectivity index (χ1v) is 13.4. The van der Waals surface area contributed by atoms with E-state index in [0.29, 0.717) is 0 Å². The fraction of sp³-hybridized carbons (Fsp3) is 0.478. The number of aliphatic hydroxyl groups is 1. The van der Waals surface area contributed by atoms with Gasteiger partial charge in [-0.15, -0.1) is 0 Å². The number of hydrogen-bond acceptors (Lipinski definition) is 11. The van der Waals surface area contributed by atoms with Crippen LogP contribution in [0.3, 0.4) is 0 Å². The summed E-state index contributed by atoms with van der Waals surface area (Å²) in [5.41, 5.74) is 3.89. The number of carbonyl (C=O) groups is 1. The fourth-order valence-corrected chi connectivity index (χ4v) is 5.43. The van der Waals surface area contributed by atoms with Crippen molar-refractivity contribution >= 4 is 25.2 Å². The summed E-state index contributed by atoms with van der Waals surface area (Å²) in [4.78, 5) is 20.3. The highest BCUT2D eigenvalue weighted by Gasteiger charge is 2.56. The van der Waals surface area contributed by atoms with E-state index in [-0.39, 0.29) is 22.9 Å². The first-order chi connectivity index (χ1) is 17.9. The smallest absolute Gasteiger partial charge is 0.459 e. The first-order valence-electron chi connectivity index (χ1n) is 11.9. The van der Waals surface area contributed by atoms with Crippen LogP contribution in [0.2, 0.25) is 0 Å². The quantitative estimate of drug-likeness (QED) is 0.248. The lowest BCUT2D eigenvalue weighted by molar-refractivity contribution is -0.149. The molecule has 0 spiro atoms. The van der Waals surface area contributed by atoms with Crippen LogP contribution >= 0.6 is 7.75 Å². The van der Waals surface area contributed by atoms with E-state index in [2.05, 4.69) is 20.2 Å². The molecule has 1 aliphatic rings. The number of aliphatic hydroxyl groups excluding tert-OH is 1. The second-order valence-corrected chi connectivity index (χ2v) is 10.9. The number of ether oxygens (including phenoxy) is 2. The number of alkyl halides is 1. The molecule has 6 unspecified atom stereocenters. The molecule has 0 bridgehead atoms. The predicted molar refractivity (Wildman–Crippen MR) is 133 cm³/mol. The van der Waals surface area contributed by atoms with Gasteiger partial charge in [0.25, 0.3) is 0 Å². The highest BCUT2D eigenvalue weighted by Crippen LogP contribution is 2.48. The van der Waals surface area contributed by atoms with Crippen LogP contribution in [0.1, 0.15) is 39.5 Å². The molecule has 38 heavy (non-hydrogen) atoms. The molecule has 2 aromatic heterocycles. The minimum Gasteiger partial charge on any atom is -0.462 e. The van der Waals surface area contributed by atoms with E-state index in [1.807, 2.05) is 0 Å². The Morgan fingerprint density at radius 2 is 2.03 bits per heavy atom. The monoisotopic (exact) mass is 552 g/mol. The van der Waals surface area contributed by atoms with Crippen molar-refractivity contribution in [3.63, 3.8) is 0 Å². The van der Waals surface area contributed by atoms with Gasteiger partial charge < -0.3 is 24.8 Å².